The number of rotatable bonds is 9. The zero-order valence-electron chi connectivity index (χ0n) is 22.4. The van der Waals surface area contributed by atoms with Crippen molar-refractivity contribution in [3.8, 4) is 0 Å². The van der Waals surface area contributed by atoms with E-state index < -0.39 is 73.7 Å². The maximum Gasteiger partial charge on any atom is 0.255 e. The SMILES string of the molecule is C[C@H]1CC2C[C@@H](S(=O)(=O)c3cc(C(=O)Nc4cc(F)c(F)c(F)c4)ccc3Cl)C[C@H]1[C@@]2(O)CNC(=O)[C@@H](N)CC(N)=O. The van der Waals surface area contributed by atoms with Crippen LogP contribution in [0.3, 0.4) is 0 Å². The summed E-state index contributed by atoms with van der Waals surface area (Å²) >= 11 is 6.25. The van der Waals surface area contributed by atoms with E-state index in [9.17, 15) is 41.1 Å². The van der Waals surface area contributed by atoms with Crippen molar-refractivity contribution in [2.24, 2.45) is 29.2 Å². The Morgan fingerprint density at radius 3 is 2.36 bits per heavy atom. The predicted octanol–water partition coefficient (Wildman–Crippen LogP) is 2.27. The third-order valence-electron chi connectivity index (χ3n) is 8.24. The van der Waals surface area contributed by atoms with Gasteiger partial charge in [-0.25, -0.2) is 21.6 Å². The summed E-state index contributed by atoms with van der Waals surface area (Å²) in [5, 5.41) is 15.2. The molecule has 0 heterocycles. The van der Waals surface area contributed by atoms with E-state index in [0.29, 0.717) is 18.6 Å². The number of halogens is 4. The van der Waals surface area contributed by atoms with Gasteiger partial charge >= 0.3 is 0 Å². The van der Waals surface area contributed by atoms with Gasteiger partial charge in [0.25, 0.3) is 5.91 Å². The first-order valence-electron chi connectivity index (χ1n) is 13.1. The molecule has 6 atom stereocenters. The first-order valence-corrected chi connectivity index (χ1v) is 15.0. The van der Waals surface area contributed by atoms with E-state index in [-0.39, 0.29) is 52.9 Å². The number of sulfone groups is 1. The number of hydrogen-bond acceptors (Lipinski definition) is 7. The number of nitrogens with one attached hydrogen (secondary N) is 2. The molecular weight excluding hydrogens is 601 g/mol. The number of carbonyl (C=O) groups is 3. The van der Waals surface area contributed by atoms with Crippen LogP contribution < -0.4 is 22.1 Å². The molecule has 228 valence electrons. The van der Waals surface area contributed by atoms with Gasteiger partial charge in [-0.05, 0) is 55.2 Å². The average Bonchev–Trinajstić information content (AvgIpc) is 3.02. The molecule has 2 fully saturated rings. The third kappa shape index (κ3) is 6.12. The Morgan fingerprint density at radius 2 is 1.76 bits per heavy atom. The zero-order chi connectivity index (χ0) is 31.1. The van der Waals surface area contributed by atoms with Crippen molar-refractivity contribution >= 4 is 44.8 Å². The van der Waals surface area contributed by atoms with E-state index in [0.717, 1.165) is 6.07 Å². The molecule has 42 heavy (non-hydrogen) atoms. The topological polar surface area (TPSA) is 182 Å². The van der Waals surface area contributed by atoms with Gasteiger partial charge in [0.15, 0.2) is 27.3 Å². The summed E-state index contributed by atoms with van der Waals surface area (Å²) in [4.78, 5) is 35.8. The van der Waals surface area contributed by atoms with E-state index in [1.807, 2.05) is 6.92 Å². The normalized spacial score (nSPS) is 26.0. The molecule has 2 aliphatic rings. The smallest absolute Gasteiger partial charge is 0.255 e. The molecule has 2 aromatic carbocycles. The lowest BCUT2D eigenvalue weighted by Crippen LogP contribution is -2.57. The maximum absolute atomic E-state index is 13.8. The molecule has 0 spiro atoms. The van der Waals surface area contributed by atoms with Crippen LogP contribution in [0.4, 0.5) is 18.9 Å². The van der Waals surface area contributed by atoms with Crippen LogP contribution in [0.5, 0.6) is 0 Å². The molecule has 0 radical (unpaired) electrons. The second kappa shape index (κ2) is 11.8. The van der Waals surface area contributed by atoms with Gasteiger partial charge < -0.3 is 27.2 Å². The number of aliphatic hydroxyl groups is 1. The number of fused-ring (bicyclic) bond motifs is 2. The van der Waals surface area contributed by atoms with Gasteiger partial charge in [-0.15, -0.1) is 0 Å². The number of benzene rings is 2. The Kier molecular flexibility index (Phi) is 8.93. The minimum atomic E-state index is -4.15. The van der Waals surface area contributed by atoms with Gasteiger partial charge in [0, 0.05) is 29.9 Å². The van der Waals surface area contributed by atoms with Gasteiger partial charge in [-0.1, -0.05) is 18.5 Å². The monoisotopic (exact) mass is 630 g/mol. The molecule has 4 rings (SSSR count). The lowest BCUT2D eigenvalue weighted by molar-refractivity contribution is -0.128. The largest absolute Gasteiger partial charge is 0.387 e. The fraction of sp³-hybridized carbons (Fsp3) is 0.444. The van der Waals surface area contributed by atoms with Crippen molar-refractivity contribution in [2.45, 2.75) is 54.4 Å². The molecule has 2 aliphatic carbocycles. The Balaban J connectivity index is 1.53. The van der Waals surface area contributed by atoms with Crippen LogP contribution >= 0.6 is 11.6 Å². The van der Waals surface area contributed by atoms with Crippen LogP contribution in [0, 0.1) is 35.2 Å². The number of primary amides is 1. The highest BCUT2D eigenvalue weighted by Gasteiger charge is 2.58. The summed E-state index contributed by atoms with van der Waals surface area (Å²) in [5.41, 5.74) is 8.79. The first kappa shape index (κ1) is 31.7. The molecule has 0 aliphatic heterocycles. The molecule has 10 nitrogen and oxygen atoms in total. The fourth-order valence-electron chi connectivity index (χ4n) is 6.12. The lowest BCUT2D eigenvalue weighted by Gasteiger charge is -2.43. The Labute approximate surface area is 244 Å². The van der Waals surface area contributed by atoms with Crippen LogP contribution in [0.2, 0.25) is 5.02 Å². The first-order chi connectivity index (χ1) is 19.5. The van der Waals surface area contributed by atoms with Crippen LogP contribution in [-0.2, 0) is 19.4 Å². The molecular formula is C27H30ClF3N4O6S. The van der Waals surface area contributed by atoms with Crippen LogP contribution in [0.15, 0.2) is 35.2 Å². The lowest BCUT2D eigenvalue weighted by atomic mass is 9.73. The quantitative estimate of drug-likeness (QED) is 0.263. The third-order valence-corrected chi connectivity index (χ3v) is 10.9. The van der Waals surface area contributed by atoms with Gasteiger partial charge in [0.05, 0.1) is 33.2 Å². The summed E-state index contributed by atoms with van der Waals surface area (Å²) in [5.74, 6) is -8.18. The van der Waals surface area contributed by atoms with Crippen LogP contribution in [0.25, 0.3) is 0 Å². The Hall–Kier alpha value is -3.20. The van der Waals surface area contributed by atoms with E-state index in [1.54, 1.807) is 0 Å². The van der Waals surface area contributed by atoms with Crippen molar-refractivity contribution in [3.63, 3.8) is 0 Å². The van der Waals surface area contributed by atoms with Gasteiger partial charge in [0.1, 0.15) is 0 Å². The minimum absolute atomic E-state index is 0.0423. The molecule has 3 amide bonds. The number of nitrogens with two attached hydrogens (primary N) is 2. The van der Waals surface area contributed by atoms with Gasteiger partial charge in [-0.3, -0.25) is 14.4 Å². The number of amides is 3. The van der Waals surface area contributed by atoms with E-state index in [2.05, 4.69) is 10.6 Å². The van der Waals surface area contributed by atoms with Crippen molar-refractivity contribution in [1.29, 1.82) is 0 Å². The summed E-state index contributed by atoms with van der Waals surface area (Å²) in [6.07, 6.45) is 0.213. The van der Waals surface area contributed by atoms with Crippen LogP contribution in [0.1, 0.15) is 43.0 Å². The van der Waals surface area contributed by atoms with E-state index in [1.165, 1.54) is 12.1 Å². The number of anilines is 1. The molecule has 2 bridgehead atoms. The highest BCUT2D eigenvalue weighted by atomic mass is 35.5. The van der Waals surface area contributed by atoms with Gasteiger partial charge in [0.2, 0.25) is 11.8 Å². The fourth-order valence-corrected chi connectivity index (χ4v) is 8.49. The average molecular weight is 631 g/mol. The molecule has 0 saturated heterocycles. The number of carbonyl (C=O) groups excluding carboxylic acids is 3. The minimum Gasteiger partial charge on any atom is -0.387 e. The molecule has 15 heteroatoms. The van der Waals surface area contributed by atoms with Crippen molar-refractivity contribution in [1.82, 2.24) is 5.32 Å². The highest BCUT2D eigenvalue weighted by Crippen LogP contribution is 2.54. The second-order valence-corrected chi connectivity index (χ2v) is 13.6. The van der Waals surface area contributed by atoms with Crippen LogP contribution in [-0.4, -0.2) is 54.7 Å². The molecule has 7 N–H and O–H groups in total. The molecule has 2 saturated carbocycles. The molecule has 1 unspecified atom stereocenters. The van der Waals surface area contributed by atoms with Crippen molar-refractivity contribution in [2.75, 3.05) is 11.9 Å². The Bertz CT molecular complexity index is 1520. The van der Waals surface area contributed by atoms with E-state index >= 15 is 0 Å². The zero-order valence-corrected chi connectivity index (χ0v) is 23.9. The van der Waals surface area contributed by atoms with Crippen molar-refractivity contribution < 1.29 is 41.1 Å². The summed E-state index contributed by atoms with van der Waals surface area (Å²) in [6.45, 7) is 1.69. The summed E-state index contributed by atoms with van der Waals surface area (Å²) < 4.78 is 68.0. The van der Waals surface area contributed by atoms with Gasteiger partial charge in [-0.2, -0.15) is 0 Å². The maximum atomic E-state index is 13.8. The molecule has 2 aromatic rings. The highest BCUT2D eigenvalue weighted by molar-refractivity contribution is 7.92. The Morgan fingerprint density at radius 1 is 1.12 bits per heavy atom. The summed E-state index contributed by atoms with van der Waals surface area (Å²) in [7, 11) is -4.15. The van der Waals surface area contributed by atoms with Crippen molar-refractivity contribution in [3.05, 3.63) is 58.4 Å². The summed E-state index contributed by atoms with van der Waals surface area (Å²) in [6, 6.07) is 3.46. The number of hydrogen-bond donors (Lipinski definition) is 5. The standard InChI is InChI=1S/C27H30ClF3N4O6S/c1-12-4-14-6-16(9-17(12)27(14,39)11-34-26(38)21(32)10-23(33)36)42(40,41)22-5-13(2-3-18(22)28)25(37)35-15-7-19(29)24(31)20(30)8-15/h2-3,5,7-8,12,14,16-17,21,39H,4,6,9-11,32H2,1H3,(H2,33,36)(H,34,38)(H,35,37)/t12-,14?,16+,17+,21-,27+/m0/s1. The molecule has 0 aromatic heterocycles. The predicted molar refractivity (Wildman–Crippen MR) is 146 cm³/mol. The van der Waals surface area contributed by atoms with E-state index in [4.69, 9.17) is 23.1 Å². The second-order valence-electron chi connectivity index (χ2n) is 11.0.